The molecule has 0 aliphatic rings. The molecule has 1 atom stereocenters. The average Bonchev–Trinajstić information content (AvgIpc) is 2.11. The molecule has 0 saturated heterocycles. The van der Waals surface area contributed by atoms with Crippen molar-refractivity contribution in [2.45, 2.75) is 40.2 Å². The molecule has 0 aromatic heterocycles. The van der Waals surface area contributed by atoms with Gasteiger partial charge in [-0.05, 0) is 12.3 Å². The summed E-state index contributed by atoms with van der Waals surface area (Å²) in [4.78, 5) is 13.3. The molecule has 84 valence electrons. The molecule has 3 heteroatoms. The Bertz CT molecular complexity index is 178. The van der Waals surface area contributed by atoms with Crippen molar-refractivity contribution in [2.75, 3.05) is 13.7 Å². The topological polar surface area (TPSA) is 40.5 Å². The minimum absolute atomic E-state index is 0.00112. The quantitative estimate of drug-likeness (QED) is 0.732. The van der Waals surface area contributed by atoms with Crippen LogP contribution in [0.4, 0.5) is 0 Å². The molecule has 0 fully saturated rings. The molecule has 0 aromatic rings. The number of carbonyl (C=O) groups excluding carboxylic acids is 1. The lowest BCUT2D eigenvalue weighted by Crippen LogP contribution is -2.42. The maximum absolute atomic E-state index is 11.6. The Morgan fingerprint density at radius 2 is 1.79 bits per heavy atom. The zero-order valence-electron chi connectivity index (χ0n) is 9.95. The van der Waals surface area contributed by atoms with E-state index in [9.17, 15) is 9.90 Å². The Labute approximate surface area is 87.1 Å². The lowest BCUT2D eigenvalue weighted by Gasteiger charge is -2.29. The molecule has 0 rings (SSSR count). The molecule has 1 N–H and O–H groups in total. The van der Waals surface area contributed by atoms with Crippen molar-refractivity contribution in [3.8, 4) is 0 Å². The van der Waals surface area contributed by atoms with Crippen molar-refractivity contribution in [3.63, 3.8) is 0 Å². The highest BCUT2D eigenvalue weighted by atomic mass is 16.3. The normalized spacial score (nSPS) is 13.4. The summed E-state index contributed by atoms with van der Waals surface area (Å²) in [6, 6.07) is -0.0371. The second-order valence-electron chi connectivity index (χ2n) is 4.57. The van der Waals surface area contributed by atoms with Gasteiger partial charge in [0.1, 0.15) is 0 Å². The fourth-order valence-electron chi connectivity index (χ4n) is 1.49. The van der Waals surface area contributed by atoms with E-state index in [1.54, 1.807) is 11.9 Å². The number of nitrogens with zero attached hydrogens (tertiary/aromatic N) is 1. The van der Waals surface area contributed by atoms with E-state index in [1.807, 2.05) is 13.8 Å². The molecule has 0 spiro atoms. The van der Waals surface area contributed by atoms with Gasteiger partial charge in [-0.3, -0.25) is 4.79 Å². The minimum atomic E-state index is -0.0371. The summed E-state index contributed by atoms with van der Waals surface area (Å²) >= 11 is 0. The van der Waals surface area contributed by atoms with Gasteiger partial charge in [0.05, 0.1) is 12.6 Å². The maximum atomic E-state index is 11.6. The van der Waals surface area contributed by atoms with Gasteiger partial charge in [-0.2, -0.15) is 0 Å². The second-order valence-corrected chi connectivity index (χ2v) is 4.57. The third kappa shape index (κ3) is 4.09. The van der Waals surface area contributed by atoms with Gasteiger partial charge >= 0.3 is 0 Å². The van der Waals surface area contributed by atoms with Crippen LogP contribution in [-0.2, 0) is 4.79 Å². The minimum Gasteiger partial charge on any atom is -0.394 e. The van der Waals surface area contributed by atoms with Crippen LogP contribution in [0, 0.1) is 11.8 Å². The molecule has 0 radical (unpaired) electrons. The molecule has 0 aromatic carbocycles. The third-order valence-corrected chi connectivity index (χ3v) is 2.34. The number of hydrogen-bond donors (Lipinski definition) is 1. The van der Waals surface area contributed by atoms with E-state index in [-0.39, 0.29) is 24.5 Å². The van der Waals surface area contributed by atoms with Crippen molar-refractivity contribution >= 4 is 5.91 Å². The lowest BCUT2D eigenvalue weighted by molar-refractivity contribution is -0.136. The number of likely N-dealkylation sites (N-methyl/N-ethyl adjacent to an activating group) is 1. The fraction of sp³-hybridized carbons (Fsp3) is 0.909. The molecular formula is C11H23NO2. The van der Waals surface area contributed by atoms with E-state index in [0.717, 1.165) is 6.42 Å². The smallest absolute Gasteiger partial charge is 0.225 e. The van der Waals surface area contributed by atoms with Gasteiger partial charge in [-0.25, -0.2) is 0 Å². The summed E-state index contributed by atoms with van der Waals surface area (Å²) in [5, 5.41) is 9.18. The molecule has 1 amide bonds. The van der Waals surface area contributed by atoms with Gasteiger partial charge in [0.25, 0.3) is 0 Å². The Kier molecular flexibility index (Phi) is 5.77. The van der Waals surface area contributed by atoms with Crippen molar-refractivity contribution in [3.05, 3.63) is 0 Å². The fourth-order valence-corrected chi connectivity index (χ4v) is 1.49. The third-order valence-electron chi connectivity index (χ3n) is 2.34. The van der Waals surface area contributed by atoms with Gasteiger partial charge in [0.2, 0.25) is 5.91 Å². The Balaban J connectivity index is 4.30. The monoisotopic (exact) mass is 201 g/mol. The molecular weight excluding hydrogens is 178 g/mol. The first-order valence-corrected chi connectivity index (χ1v) is 5.27. The summed E-state index contributed by atoms with van der Waals surface area (Å²) in [5.41, 5.74) is 0. The number of aliphatic hydroxyl groups is 1. The highest BCUT2D eigenvalue weighted by Gasteiger charge is 2.21. The first-order chi connectivity index (χ1) is 6.40. The molecule has 0 heterocycles. The molecule has 0 saturated carbocycles. The number of carbonyl (C=O) groups is 1. The Hall–Kier alpha value is -0.570. The zero-order chi connectivity index (χ0) is 11.3. The van der Waals surface area contributed by atoms with Crippen molar-refractivity contribution in [2.24, 2.45) is 11.8 Å². The van der Waals surface area contributed by atoms with Gasteiger partial charge in [0, 0.05) is 13.0 Å². The van der Waals surface area contributed by atoms with Crippen LogP contribution in [0.3, 0.4) is 0 Å². The summed E-state index contributed by atoms with van der Waals surface area (Å²) < 4.78 is 0. The van der Waals surface area contributed by atoms with Crippen LogP contribution in [0.2, 0.25) is 0 Å². The van der Waals surface area contributed by atoms with E-state index >= 15 is 0 Å². The standard InChI is InChI=1S/C11H23NO2/c1-8(2)6-10(7-13)12(5)11(14)9(3)4/h8-10,13H,6-7H2,1-5H3/t10-/m0/s1. The number of hydrogen-bond acceptors (Lipinski definition) is 2. The van der Waals surface area contributed by atoms with Crippen LogP contribution < -0.4 is 0 Å². The Morgan fingerprint density at radius 3 is 2.07 bits per heavy atom. The van der Waals surface area contributed by atoms with Crippen LogP contribution in [0.5, 0.6) is 0 Å². The number of aliphatic hydroxyl groups excluding tert-OH is 1. The largest absolute Gasteiger partial charge is 0.394 e. The van der Waals surface area contributed by atoms with Crippen LogP contribution >= 0.6 is 0 Å². The van der Waals surface area contributed by atoms with Crippen molar-refractivity contribution < 1.29 is 9.90 Å². The molecule has 0 bridgehead atoms. The number of rotatable bonds is 5. The highest BCUT2D eigenvalue weighted by molar-refractivity contribution is 5.78. The molecule has 3 nitrogen and oxygen atoms in total. The van der Waals surface area contributed by atoms with Gasteiger partial charge in [-0.15, -0.1) is 0 Å². The molecule has 0 aliphatic carbocycles. The van der Waals surface area contributed by atoms with E-state index in [0.29, 0.717) is 5.92 Å². The van der Waals surface area contributed by atoms with Gasteiger partial charge in [-0.1, -0.05) is 27.7 Å². The van der Waals surface area contributed by atoms with Gasteiger partial charge < -0.3 is 10.0 Å². The summed E-state index contributed by atoms with van der Waals surface area (Å²) in [7, 11) is 1.77. The maximum Gasteiger partial charge on any atom is 0.225 e. The van der Waals surface area contributed by atoms with E-state index in [4.69, 9.17) is 0 Å². The van der Waals surface area contributed by atoms with E-state index in [2.05, 4.69) is 13.8 Å². The predicted molar refractivity (Wildman–Crippen MR) is 57.9 cm³/mol. The van der Waals surface area contributed by atoms with E-state index < -0.39 is 0 Å². The molecule has 14 heavy (non-hydrogen) atoms. The average molecular weight is 201 g/mol. The lowest BCUT2D eigenvalue weighted by atomic mass is 10.0. The molecule has 0 unspecified atom stereocenters. The predicted octanol–water partition coefficient (Wildman–Crippen LogP) is 1.51. The van der Waals surface area contributed by atoms with Gasteiger partial charge in [0.15, 0.2) is 0 Å². The second kappa shape index (κ2) is 6.02. The SMILES string of the molecule is CC(C)C[C@@H](CO)N(C)C(=O)C(C)C. The summed E-state index contributed by atoms with van der Waals surface area (Å²) in [6.45, 7) is 7.99. The zero-order valence-corrected chi connectivity index (χ0v) is 9.95. The number of amides is 1. The van der Waals surface area contributed by atoms with Crippen molar-refractivity contribution in [1.82, 2.24) is 4.90 Å². The van der Waals surface area contributed by atoms with Crippen LogP contribution in [-0.4, -0.2) is 35.6 Å². The van der Waals surface area contributed by atoms with Crippen molar-refractivity contribution in [1.29, 1.82) is 0 Å². The Morgan fingerprint density at radius 1 is 1.29 bits per heavy atom. The first kappa shape index (κ1) is 13.4. The van der Waals surface area contributed by atoms with Crippen LogP contribution in [0.15, 0.2) is 0 Å². The van der Waals surface area contributed by atoms with E-state index in [1.165, 1.54) is 0 Å². The van der Waals surface area contributed by atoms with Crippen LogP contribution in [0.25, 0.3) is 0 Å². The highest BCUT2D eigenvalue weighted by Crippen LogP contribution is 2.12. The first-order valence-electron chi connectivity index (χ1n) is 5.27. The summed E-state index contributed by atoms with van der Waals surface area (Å²) in [6.07, 6.45) is 0.853. The summed E-state index contributed by atoms with van der Waals surface area (Å²) in [5.74, 6) is 0.598. The molecule has 0 aliphatic heterocycles. The van der Waals surface area contributed by atoms with Crippen LogP contribution in [0.1, 0.15) is 34.1 Å².